The van der Waals surface area contributed by atoms with Crippen molar-refractivity contribution in [2.24, 2.45) is 11.3 Å². The summed E-state index contributed by atoms with van der Waals surface area (Å²) in [6, 6.07) is -0.650. The van der Waals surface area contributed by atoms with Gasteiger partial charge in [-0.15, -0.1) is 0 Å². The molecule has 3 aliphatic rings. The number of nitrogens with zero attached hydrogens (tertiary/aromatic N) is 1. The first-order valence-electron chi connectivity index (χ1n) is 8.56. The van der Waals surface area contributed by atoms with Crippen molar-refractivity contribution in [3.05, 3.63) is 0 Å². The highest BCUT2D eigenvalue weighted by atomic mass is 19.1. The van der Waals surface area contributed by atoms with Gasteiger partial charge in [-0.25, -0.2) is 9.18 Å². The Morgan fingerprint density at radius 3 is 2.83 bits per heavy atom. The molecule has 2 aliphatic heterocycles. The topological polar surface area (TPSA) is 70.7 Å². The Morgan fingerprint density at radius 2 is 2.09 bits per heavy atom. The smallest absolute Gasteiger partial charge is 0.317 e. The van der Waals surface area contributed by atoms with Gasteiger partial charge in [0.15, 0.2) is 0 Å². The quantitative estimate of drug-likeness (QED) is 0.797. The molecule has 0 aromatic rings. The summed E-state index contributed by atoms with van der Waals surface area (Å²) in [6.07, 6.45) is 2.70. The van der Waals surface area contributed by atoms with Gasteiger partial charge in [0.1, 0.15) is 6.17 Å². The minimum atomic E-state index is -0.964. The highest BCUT2D eigenvalue weighted by Gasteiger charge is 2.54. The maximum atomic E-state index is 13.9. The first-order valence-corrected chi connectivity index (χ1v) is 8.56. The normalized spacial score (nSPS) is 37.1. The summed E-state index contributed by atoms with van der Waals surface area (Å²) in [5.74, 6) is -0.0170. The summed E-state index contributed by atoms with van der Waals surface area (Å²) in [5.41, 5.74) is -0.563. The van der Waals surface area contributed by atoms with E-state index in [1.54, 1.807) is 11.9 Å². The van der Waals surface area contributed by atoms with E-state index in [1.165, 1.54) is 0 Å². The van der Waals surface area contributed by atoms with Gasteiger partial charge < -0.3 is 20.3 Å². The Morgan fingerprint density at radius 1 is 1.30 bits per heavy atom. The summed E-state index contributed by atoms with van der Waals surface area (Å²) in [7, 11) is 1.63. The molecule has 0 aromatic carbocycles. The number of amides is 3. The zero-order valence-corrected chi connectivity index (χ0v) is 13.6. The number of nitrogens with one attached hydrogen (secondary N) is 2. The van der Waals surface area contributed by atoms with Crippen LogP contribution < -0.4 is 10.6 Å². The molecule has 1 aliphatic carbocycles. The average molecular weight is 327 g/mol. The second kappa shape index (κ2) is 6.63. The number of alkyl halides is 1. The van der Waals surface area contributed by atoms with Crippen LogP contribution in [0.4, 0.5) is 9.18 Å². The van der Waals surface area contributed by atoms with E-state index in [1.807, 2.05) is 0 Å². The Bertz CT molecular complexity index is 475. The molecule has 3 rings (SSSR count). The number of carbonyl (C=O) groups is 2. The first-order chi connectivity index (χ1) is 11.1. The van der Waals surface area contributed by atoms with Crippen LogP contribution in [0.25, 0.3) is 0 Å². The van der Waals surface area contributed by atoms with E-state index in [2.05, 4.69) is 10.6 Å². The lowest BCUT2D eigenvalue weighted by molar-refractivity contribution is -0.138. The SMILES string of the molecule is CNC(=O)[C@@]12CCOC[C@@H]1CN(C(=O)N[C@@H]1CCCC[C@@H]1F)C2. The fourth-order valence-electron chi connectivity index (χ4n) is 4.22. The molecule has 130 valence electrons. The van der Waals surface area contributed by atoms with Crippen LogP contribution in [0, 0.1) is 11.3 Å². The Kier molecular flexibility index (Phi) is 4.75. The van der Waals surface area contributed by atoms with Gasteiger partial charge in [-0.3, -0.25) is 4.79 Å². The van der Waals surface area contributed by atoms with Crippen LogP contribution in [0.1, 0.15) is 32.1 Å². The molecule has 7 heteroatoms. The molecule has 2 saturated heterocycles. The van der Waals surface area contributed by atoms with E-state index < -0.39 is 17.6 Å². The van der Waals surface area contributed by atoms with Crippen molar-refractivity contribution >= 4 is 11.9 Å². The van der Waals surface area contributed by atoms with E-state index >= 15 is 0 Å². The lowest BCUT2D eigenvalue weighted by Gasteiger charge is -2.36. The molecule has 0 unspecified atom stereocenters. The van der Waals surface area contributed by atoms with Crippen LogP contribution in [-0.4, -0.2) is 62.4 Å². The molecular weight excluding hydrogens is 301 g/mol. The van der Waals surface area contributed by atoms with Gasteiger partial charge in [-0.2, -0.15) is 0 Å². The highest BCUT2D eigenvalue weighted by molar-refractivity contribution is 5.85. The monoisotopic (exact) mass is 327 g/mol. The molecule has 2 heterocycles. The van der Waals surface area contributed by atoms with Gasteiger partial charge in [-0.1, -0.05) is 12.8 Å². The van der Waals surface area contributed by atoms with Crippen molar-refractivity contribution in [3.63, 3.8) is 0 Å². The first kappa shape index (κ1) is 16.5. The Balaban J connectivity index is 1.67. The predicted molar refractivity (Wildman–Crippen MR) is 82.7 cm³/mol. The fraction of sp³-hybridized carbons (Fsp3) is 0.875. The molecular formula is C16H26FN3O3. The molecule has 3 fully saturated rings. The van der Waals surface area contributed by atoms with Gasteiger partial charge in [0, 0.05) is 32.7 Å². The Labute approximate surface area is 136 Å². The van der Waals surface area contributed by atoms with E-state index in [-0.39, 0.29) is 17.9 Å². The highest BCUT2D eigenvalue weighted by Crippen LogP contribution is 2.42. The largest absolute Gasteiger partial charge is 0.381 e. The predicted octanol–water partition coefficient (Wildman–Crippen LogP) is 1.06. The van der Waals surface area contributed by atoms with Crippen molar-refractivity contribution in [2.75, 3.05) is 33.4 Å². The van der Waals surface area contributed by atoms with Crippen molar-refractivity contribution in [1.82, 2.24) is 15.5 Å². The summed E-state index contributed by atoms with van der Waals surface area (Å²) in [6.45, 7) is 1.90. The average Bonchev–Trinajstić information content (AvgIpc) is 2.97. The number of urea groups is 1. The molecule has 0 aromatic heterocycles. The number of hydrogen-bond acceptors (Lipinski definition) is 3. The Hall–Kier alpha value is -1.37. The summed E-state index contributed by atoms with van der Waals surface area (Å²) in [5, 5.41) is 5.57. The lowest BCUT2D eigenvalue weighted by atomic mass is 9.73. The molecule has 1 saturated carbocycles. The number of likely N-dealkylation sites (tertiary alicyclic amines) is 1. The van der Waals surface area contributed by atoms with Crippen molar-refractivity contribution in [3.8, 4) is 0 Å². The minimum absolute atomic E-state index is 0.00878. The zero-order valence-electron chi connectivity index (χ0n) is 13.6. The van der Waals surface area contributed by atoms with Crippen molar-refractivity contribution in [2.45, 2.75) is 44.3 Å². The van der Waals surface area contributed by atoms with Gasteiger partial charge >= 0.3 is 6.03 Å². The maximum Gasteiger partial charge on any atom is 0.317 e. The van der Waals surface area contributed by atoms with Crippen LogP contribution in [0.15, 0.2) is 0 Å². The molecule has 2 N–H and O–H groups in total. The molecule has 0 bridgehead atoms. The number of hydrogen-bond donors (Lipinski definition) is 2. The number of ether oxygens (including phenoxy) is 1. The van der Waals surface area contributed by atoms with E-state index in [4.69, 9.17) is 4.74 Å². The summed E-state index contributed by atoms with van der Waals surface area (Å²) in [4.78, 5) is 26.6. The van der Waals surface area contributed by atoms with E-state index in [9.17, 15) is 14.0 Å². The van der Waals surface area contributed by atoms with Crippen LogP contribution in [0.5, 0.6) is 0 Å². The standard InChI is InChI=1S/C16H26FN3O3/c1-18-14(21)16-6-7-23-9-11(16)8-20(10-16)15(22)19-13-5-3-2-4-12(13)17/h11-13H,2-10H2,1H3,(H,18,21)(H,19,22)/t11-,12-,13+,16+/m0/s1. The van der Waals surface area contributed by atoms with Gasteiger partial charge in [0.05, 0.1) is 18.1 Å². The van der Waals surface area contributed by atoms with Crippen LogP contribution in [-0.2, 0) is 9.53 Å². The van der Waals surface area contributed by atoms with E-state index in [0.29, 0.717) is 45.6 Å². The molecule has 0 radical (unpaired) electrons. The maximum absolute atomic E-state index is 13.9. The number of fused-ring (bicyclic) bond motifs is 1. The molecule has 6 nitrogen and oxygen atoms in total. The second-order valence-electron chi connectivity index (χ2n) is 6.99. The summed E-state index contributed by atoms with van der Waals surface area (Å²) >= 11 is 0. The van der Waals surface area contributed by atoms with Gasteiger partial charge in [0.2, 0.25) is 5.91 Å². The fourth-order valence-corrected chi connectivity index (χ4v) is 4.22. The van der Waals surface area contributed by atoms with Crippen LogP contribution in [0.2, 0.25) is 0 Å². The number of halogens is 1. The molecule has 3 amide bonds. The molecule has 0 spiro atoms. The number of carbonyl (C=O) groups excluding carboxylic acids is 2. The van der Waals surface area contributed by atoms with Crippen LogP contribution in [0.3, 0.4) is 0 Å². The number of rotatable bonds is 2. The zero-order chi connectivity index (χ0) is 16.4. The second-order valence-corrected chi connectivity index (χ2v) is 6.99. The minimum Gasteiger partial charge on any atom is -0.381 e. The third kappa shape index (κ3) is 3.03. The summed E-state index contributed by atoms with van der Waals surface area (Å²) < 4.78 is 19.4. The van der Waals surface area contributed by atoms with Gasteiger partial charge in [-0.05, 0) is 19.3 Å². The third-order valence-electron chi connectivity index (χ3n) is 5.66. The van der Waals surface area contributed by atoms with Crippen molar-refractivity contribution < 1.29 is 18.7 Å². The van der Waals surface area contributed by atoms with Crippen molar-refractivity contribution in [1.29, 1.82) is 0 Å². The molecule has 4 atom stereocenters. The molecule has 23 heavy (non-hydrogen) atoms. The lowest BCUT2D eigenvalue weighted by Crippen LogP contribution is -2.51. The van der Waals surface area contributed by atoms with Gasteiger partial charge in [0.25, 0.3) is 0 Å². The third-order valence-corrected chi connectivity index (χ3v) is 5.66. The van der Waals surface area contributed by atoms with E-state index in [0.717, 1.165) is 12.8 Å². The van der Waals surface area contributed by atoms with Crippen LogP contribution >= 0.6 is 0 Å².